The summed E-state index contributed by atoms with van der Waals surface area (Å²) >= 11 is 6.09. The van der Waals surface area contributed by atoms with Crippen molar-refractivity contribution in [2.24, 2.45) is 0 Å². The Hall–Kier alpha value is -3.31. The zero-order valence-electron chi connectivity index (χ0n) is 15.2. The van der Waals surface area contributed by atoms with Gasteiger partial charge in [0.05, 0.1) is 0 Å². The predicted molar refractivity (Wildman–Crippen MR) is 112 cm³/mol. The van der Waals surface area contributed by atoms with Crippen LogP contribution in [0.25, 0.3) is 11.1 Å². The van der Waals surface area contributed by atoms with Crippen molar-refractivity contribution in [1.82, 2.24) is 5.32 Å². The summed E-state index contributed by atoms with van der Waals surface area (Å²) in [6.45, 7) is 2.44. The number of carbonyl (C=O) groups is 2. The lowest BCUT2D eigenvalue weighted by Crippen LogP contribution is -2.19. The molecular weight excluding hydrogens is 374 g/mol. The largest absolute Gasteiger partial charge is 0.348 e. The van der Waals surface area contributed by atoms with E-state index in [1.165, 1.54) is 0 Å². The number of amides is 3. The Balaban J connectivity index is 1.47. The number of carbonyl (C=O) groups excluding carboxylic acids is 2. The summed E-state index contributed by atoms with van der Waals surface area (Å²) in [5.41, 5.74) is 5.97. The topological polar surface area (TPSA) is 70.2 Å². The SMILES string of the molecule is Cc1ccc(NC(=O)Nc2ccc(-c3cccc4c3CNC4=O)cc2)cc1Cl. The molecule has 1 aliphatic heterocycles. The van der Waals surface area contributed by atoms with Crippen LogP contribution < -0.4 is 16.0 Å². The number of urea groups is 1. The molecule has 0 atom stereocenters. The maximum Gasteiger partial charge on any atom is 0.323 e. The number of fused-ring (bicyclic) bond motifs is 1. The molecule has 28 heavy (non-hydrogen) atoms. The van der Waals surface area contributed by atoms with Crippen LogP contribution >= 0.6 is 11.6 Å². The van der Waals surface area contributed by atoms with Gasteiger partial charge >= 0.3 is 6.03 Å². The maximum atomic E-state index is 12.2. The van der Waals surface area contributed by atoms with E-state index in [0.29, 0.717) is 22.9 Å². The van der Waals surface area contributed by atoms with Gasteiger partial charge in [0, 0.05) is 28.5 Å². The van der Waals surface area contributed by atoms with Gasteiger partial charge < -0.3 is 16.0 Å². The van der Waals surface area contributed by atoms with Gasteiger partial charge in [-0.1, -0.05) is 41.9 Å². The number of hydrogen-bond donors (Lipinski definition) is 3. The van der Waals surface area contributed by atoms with Gasteiger partial charge in [-0.2, -0.15) is 0 Å². The molecule has 4 rings (SSSR count). The predicted octanol–water partition coefficient (Wildman–Crippen LogP) is 5.20. The molecule has 0 aromatic heterocycles. The van der Waals surface area contributed by atoms with Crippen molar-refractivity contribution in [2.45, 2.75) is 13.5 Å². The van der Waals surface area contributed by atoms with Gasteiger partial charge in [-0.05, 0) is 59.5 Å². The molecule has 140 valence electrons. The normalized spacial score (nSPS) is 12.3. The molecule has 3 N–H and O–H groups in total. The summed E-state index contributed by atoms with van der Waals surface area (Å²) in [5, 5.41) is 9.02. The highest BCUT2D eigenvalue weighted by Crippen LogP contribution is 2.30. The number of nitrogens with one attached hydrogen (secondary N) is 3. The summed E-state index contributed by atoms with van der Waals surface area (Å²) in [5.74, 6) is -0.0389. The summed E-state index contributed by atoms with van der Waals surface area (Å²) in [4.78, 5) is 24.1. The molecule has 6 heteroatoms. The van der Waals surface area contributed by atoms with Gasteiger partial charge in [-0.25, -0.2) is 4.79 Å². The van der Waals surface area contributed by atoms with Crippen molar-refractivity contribution in [2.75, 3.05) is 10.6 Å². The Kier molecular flexibility index (Phi) is 4.75. The van der Waals surface area contributed by atoms with Crippen LogP contribution in [-0.2, 0) is 6.54 Å². The average molecular weight is 392 g/mol. The van der Waals surface area contributed by atoms with Gasteiger partial charge in [0.25, 0.3) is 5.91 Å². The van der Waals surface area contributed by atoms with E-state index in [4.69, 9.17) is 11.6 Å². The van der Waals surface area contributed by atoms with Crippen molar-refractivity contribution in [3.8, 4) is 11.1 Å². The third-order valence-corrected chi connectivity index (χ3v) is 5.14. The number of aryl methyl sites for hydroxylation is 1. The highest BCUT2D eigenvalue weighted by Gasteiger charge is 2.21. The molecule has 0 bridgehead atoms. The molecule has 0 saturated carbocycles. The Morgan fingerprint density at radius 3 is 2.39 bits per heavy atom. The number of anilines is 2. The molecule has 1 heterocycles. The van der Waals surface area contributed by atoms with Crippen molar-refractivity contribution >= 4 is 34.9 Å². The first kappa shape index (κ1) is 18.1. The summed E-state index contributed by atoms with van der Waals surface area (Å²) in [6.07, 6.45) is 0. The van der Waals surface area contributed by atoms with Gasteiger partial charge in [-0.15, -0.1) is 0 Å². The van der Waals surface area contributed by atoms with Crippen LogP contribution in [-0.4, -0.2) is 11.9 Å². The molecule has 3 amide bonds. The first-order chi connectivity index (χ1) is 13.5. The van der Waals surface area contributed by atoms with Crippen LogP contribution in [0.4, 0.5) is 16.2 Å². The quantitative estimate of drug-likeness (QED) is 0.574. The van der Waals surface area contributed by atoms with Crippen molar-refractivity contribution in [3.63, 3.8) is 0 Å². The molecule has 0 aliphatic carbocycles. The van der Waals surface area contributed by atoms with Crippen molar-refractivity contribution < 1.29 is 9.59 Å². The minimum Gasteiger partial charge on any atom is -0.348 e. The van der Waals surface area contributed by atoms with E-state index in [9.17, 15) is 9.59 Å². The van der Waals surface area contributed by atoms with Crippen LogP contribution in [0.3, 0.4) is 0 Å². The van der Waals surface area contributed by atoms with Crippen LogP contribution in [0.5, 0.6) is 0 Å². The molecule has 5 nitrogen and oxygen atoms in total. The van der Waals surface area contributed by atoms with E-state index in [1.807, 2.05) is 55.5 Å². The number of halogens is 1. The third-order valence-electron chi connectivity index (χ3n) is 4.73. The maximum absolute atomic E-state index is 12.2. The molecule has 1 aliphatic rings. The molecule has 0 fully saturated rings. The molecule has 0 saturated heterocycles. The fourth-order valence-electron chi connectivity index (χ4n) is 3.22. The zero-order valence-corrected chi connectivity index (χ0v) is 15.9. The number of hydrogen-bond acceptors (Lipinski definition) is 2. The van der Waals surface area contributed by atoms with Gasteiger partial charge in [0.15, 0.2) is 0 Å². The summed E-state index contributed by atoms with van der Waals surface area (Å²) in [6, 6.07) is 18.3. The number of rotatable bonds is 3. The standard InChI is InChI=1S/C22H18ClN3O2/c1-13-5-8-16(11-20(13)23)26-22(28)25-15-9-6-14(7-10-15)17-3-2-4-18-19(17)12-24-21(18)27/h2-11H,12H2,1H3,(H,24,27)(H2,25,26,28). The Bertz CT molecular complexity index is 1080. The fourth-order valence-corrected chi connectivity index (χ4v) is 3.40. The van der Waals surface area contributed by atoms with Crippen LogP contribution in [0, 0.1) is 6.92 Å². The van der Waals surface area contributed by atoms with Crippen molar-refractivity contribution in [1.29, 1.82) is 0 Å². The minimum absolute atomic E-state index is 0.0389. The molecule has 0 radical (unpaired) electrons. The average Bonchev–Trinajstić information content (AvgIpc) is 3.07. The second kappa shape index (κ2) is 7.37. The molecule has 3 aromatic carbocycles. The molecule has 0 unspecified atom stereocenters. The van der Waals surface area contributed by atoms with Gasteiger partial charge in [0.1, 0.15) is 0 Å². The Morgan fingerprint density at radius 1 is 0.964 bits per heavy atom. The van der Waals surface area contributed by atoms with Crippen molar-refractivity contribution in [3.05, 3.63) is 82.4 Å². The lowest BCUT2D eigenvalue weighted by atomic mass is 9.97. The van der Waals surface area contributed by atoms with E-state index < -0.39 is 0 Å². The first-order valence-corrected chi connectivity index (χ1v) is 9.24. The van der Waals surface area contributed by atoms with Crippen LogP contribution in [0.15, 0.2) is 60.7 Å². The highest BCUT2D eigenvalue weighted by molar-refractivity contribution is 6.31. The Morgan fingerprint density at radius 2 is 1.64 bits per heavy atom. The lowest BCUT2D eigenvalue weighted by Gasteiger charge is -2.11. The van der Waals surface area contributed by atoms with E-state index in [0.717, 1.165) is 27.8 Å². The van der Waals surface area contributed by atoms with E-state index in [1.54, 1.807) is 12.1 Å². The molecular formula is C22H18ClN3O2. The lowest BCUT2D eigenvalue weighted by molar-refractivity contribution is 0.0965. The fraction of sp³-hybridized carbons (Fsp3) is 0.0909. The van der Waals surface area contributed by atoms with Gasteiger partial charge in [-0.3, -0.25) is 4.79 Å². The highest BCUT2D eigenvalue weighted by atomic mass is 35.5. The zero-order chi connectivity index (χ0) is 19.7. The first-order valence-electron chi connectivity index (χ1n) is 8.86. The monoisotopic (exact) mass is 391 g/mol. The van der Waals surface area contributed by atoms with Gasteiger partial charge in [0.2, 0.25) is 0 Å². The minimum atomic E-state index is -0.344. The van der Waals surface area contributed by atoms with E-state index in [2.05, 4.69) is 16.0 Å². The summed E-state index contributed by atoms with van der Waals surface area (Å²) < 4.78 is 0. The van der Waals surface area contributed by atoms with Crippen LogP contribution in [0.1, 0.15) is 21.5 Å². The summed E-state index contributed by atoms with van der Waals surface area (Å²) in [7, 11) is 0. The van der Waals surface area contributed by atoms with Crippen LogP contribution in [0.2, 0.25) is 5.02 Å². The smallest absolute Gasteiger partial charge is 0.323 e. The molecule has 3 aromatic rings. The second-order valence-electron chi connectivity index (χ2n) is 6.63. The van der Waals surface area contributed by atoms with E-state index >= 15 is 0 Å². The Labute approximate surface area is 167 Å². The second-order valence-corrected chi connectivity index (χ2v) is 7.04. The van der Waals surface area contributed by atoms with E-state index in [-0.39, 0.29) is 11.9 Å². The molecule has 0 spiro atoms. The number of benzene rings is 3. The third kappa shape index (κ3) is 3.57.